The second-order valence-corrected chi connectivity index (χ2v) is 11.0. The van der Waals surface area contributed by atoms with Gasteiger partial charge in [0.25, 0.3) is 11.8 Å². The SMILES string of the molecule is CC(c1ncc[nH]1)N1CCc2nc(NC(=O)c3cccc4[nH]c(NC(=O)c5cc6ccccc6cn5)nc34)sc2C1. The molecule has 12 heteroatoms. The van der Waals surface area contributed by atoms with Crippen LogP contribution < -0.4 is 10.6 Å². The van der Waals surface area contributed by atoms with Crippen molar-refractivity contribution in [2.24, 2.45) is 0 Å². The fourth-order valence-corrected chi connectivity index (χ4v) is 6.13. The number of carbonyl (C=O) groups is 2. The number of fused-ring (bicyclic) bond motifs is 3. The van der Waals surface area contributed by atoms with Crippen LogP contribution in [0.5, 0.6) is 0 Å². The summed E-state index contributed by atoms with van der Waals surface area (Å²) in [4.78, 5) is 53.9. The van der Waals surface area contributed by atoms with Crippen molar-refractivity contribution < 1.29 is 9.59 Å². The van der Waals surface area contributed by atoms with Gasteiger partial charge in [-0.25, -0.2) is 15.0 Å². The number of anilines is 2. The van der Waals surface area contributed by atoms with E-state index < -0.39 is 5.91 Å². The van der Waals surface area contributed by atoms with E-state index in [0.29, 0.717) is 21.7 Å². The maximum absolute atomic E-state index is 13.3. The first-order valence-electron chi connectivity index (χ1n) is 13.2. The summed E-state index contributed by atoms with van der Waals surface area (Å²) in [5, 5.41) is 8.13. The Morgan fingerprint density at radius 1 is 1.02 bits per heavy atom. The molecule has 4 aromatic heterocycles. The van der Waals surface area contributed by atoms with Crippen molar-refractivity contribution in [3.05, 3.63) is 94.8 Å². The molecule has 0 saturated heterocycles. The first kappa shape index (κ1) is 25.1. The highest BCUT2D eigenvalue weighted by Gasteiger charge is 2.26. The van der Waals surface area contributed by atoms with Crippen LogP contribution in [0.4, 0.5) is 11.1 Å². The number of rotatable bonds is 6. The number of nitrogens with zero attached hydrogens (tertiary/aromatic N) is 5. The maximum atomic E-state index is 13.3. The van der Waals surface area contributed by atoms with Crippen molar-refractivity contribution in [3.8, 4) is 0 Å². The summed E-state index contributed by atoms with van der Waals surface area (Å²) in [5.41, 5.74) is 2.74. The van der Waals surface area contributed by atoms with E-state index in [1.54, 1.807) is 36.7 Å². The van der Waals surface area contributed by atoms with Crippen molar-refractivity contribution >= 4 is 56.0 Å². The summed E-state index contributed by atoms with van der Waals surface area (Å²) in [7, 11) is 0. The fourth-order valence-electron chi connectivity index (χ4n) is 5.10. The van der Waals surface area contributed by atoms with Gasteiger partial charge in [-0.1, -0.05) is 30.3 Å². The van der Waals surface area contributed by atoms with Crippen molar-refractivity contribution in [3.63, 3.8) is 0 Å². The van der Waals surface area contributed by atoms with Gasteiger partial charge in [-0.15, -0.1) is 11.3 Å². The lowest BCUT2D eigenvalue weighted by Crippen LogP contribution is -2.32. The van der Waals surface area contributed by atoms with Crippen LogP contribution in [0.3, 0.4) is 0 Å². The molecule has 1 atom stereocenters. The molecule has 1 aliphatic rings. The molecule has 0 bridgehead atoms. The lowest BCUT2D eigenvalue weighted by Gasteiger charge is -2.30. The zero-order valence-corrected chi connectivity index (χ0v) is 22.8. The van der Waals surface area contributed by atoms with Crippen LogP contribution in [0.25, 0.3) is 21.8 Å². The Kier molecular flexibility index (Phi) is 6.25. The Morgan fingerprint density at radius 2 is 1.90 bits per heavy atom. The molecule has 0 fully saturated rings. The predicted octanol–water partition coefficient (Wildman–Crippen LogP) is 4.91. The van der Waals surface area contributed by atoms with E-state index in [4.69, 9.17) is 4.98 Å². The first-order chi connectivity index (χ1) is 20.0. The van der Waals surface area contributed by atoms with Crippen molar-refractivity contribution in [1.82, 2.24) is 34.8 Å². The number of thiazole rings is 1. The zero-order valence-electron chi connectivity index (χ0n) is 22.0. The van der Waals surface area contributed by atoms with Gasteiger partial charge >= 0.3 is 0 Å². The molecule has 41 heavy (non-hydrogen) atoms. The number of imidazole rings is 2. The molecule has 1 unspecified atom stereocenters. The summed E-state index contributed by atoms with van der Waals surface area (Å²) >= 11 is 1.49. The molecule has 5 heterocycles. The Balaban J connectivity index is 1.07. The smallest absolute Gasteiger partial charge is 0.276 e. The number of hydrogen-bond donors (Lipinski definition) is 4. The van der Waals surface area contributed by atoms with Gasteiger partial charge < -0.3 is 9.97 Å². The van der Waals surface area contributed by atoms with Gasteiger partial charge in [0.15, 0.2) is 5.13 Å². The van der Waals surface area contributed by atoms with Gasteiger partial charge in [-0.05, 0) is 30.5 Å². The number of H-pyrrole nitrogens is 2. The second kappa shape index (κ2) is 10.2. The number of hydrogen-bond acceptors (Lipinski definition) is 8. The third kappa shape index (κ3) is 4.83. The van der Waals surface area contributed by atoms with Gasteiger partial charge in [0.05, 0.1) is 22.8 Å². The molecule has 11 nitrogen and oxygen atoms in total. The van der Waals surface area contributed by atoms with Crippen LogP contribution in [0.15, 0.2) is 67.1 Å². The van der Waals surface area contributed by atoms with E-state index in [9.17, 15) is 9.59 Å². The van der Waals surface area contributed by atoms with E-state index >= 15 is 0 Å². The lowest BCUT2D eigenvalue weighted by molar-refractivity contribution is 0.101. The summed E-state index contributed by atoms with van der Waals surface area (Å²) in [6.45, 7) is 3.74. The largest absolute Gasteiger partial charge is 0.347 e. The molecule has 0 spiro atoms. The number of pyridine rings is 1. The van der Waals surface area contributed by atoms with E-state index in [0.717, 1.165) is 46.7 Å². The molecule has 4 N–H and O–H groups in total. The molecule has 204 valence electrons. The summed E-state index contributed by atoms with van der Waals surface area (Å²) < 4.78 is 0. The number of aromatic amines is 2. The molecule has 6 aromatic rings. The van der Waals surface area contributed by atoms with E-state index in [1.165, 1.54) is 11.3 Å². The molecule has 0 saturated carbocycles. The number of aromatic nitrogens is 6. The van der Waals surface area contributed by atoms with Crippen LogP contribution in [0, 0.1) is 0 Å². The van der Waals surface area contributed by atoms with Crippen molar-refractivity contribution in [2.45, 2.75) is 25.9 Å². The van der Waals surface area contributed by atoms with Crippen LogP contribution in [-0.4, -0.2) is 53.2 Å². The fraction of sp³-hybridized carbons (Fsp3) is 0.172. The van der Waals surface area contributed by atoms with E-state index in [-0.39, 0.29) is 23.6 Å². The third-order valence-electron chi connectivity index (χ3n) is 7.30. The van der Waals surface area contributed by atoms with Gasteiger partial charge in [0.2, 0.25) is 5.95 Å². The normalized spacial score (nSPS) is 14.2. The highest BCUT2D eigenvalue weighted by molar-refractivity contribution is 7.15. The Bertz CT molecular complexity index is 1910. The molecular formula is C29H25N9O2S. The third-order valence-corrected chi connectivity index (χ3v) is 8.29. The van der Waals surface area contributed by atoms with Gasteiger partial charge in [0, 0.05) is 48.4 Å². The summed E-state index contributed by atoms with van der Waals surface area (Å²) in [6.07, 6.45) is 6.07. The molecule has 0 aliphatic carbocycles. The zero-order chi connectivity index (χ0) is 27.9. The minimum atomic E-state index is -0.399. The number of benzene rings is 2. The predicted molar refractivity (Wildman–Crippen MR) is 157 cm³/mol. The van der Waals surface area contributed by atoms with Crippen LogP contribution in [0.1, 0.15) is 50.2 Å². The number of amides is 2. The molecule has 1 aliphatic heterocycles. The number of nitrogens with one attached hydrogen (secondary N) is 4. The van der Waals surface area contributed by atoms with Gasteiger partial charge in [-0.2, -0.15) is 0 Å². The van der Waals surface area contributed by atoms with Crippen LogP contribution in [-0.2, 0) is 13.0 Å². The maximum Gasteiger partial charge on any atom is 0.276 e. The minimum Gasteiger partial charge on any atom is -0.347 e. The topological polar surface area (TPSA) is 145 Å². The average Bonchev–Trinajstić information content (AvgIpc) is 3.75. The molecule has 2 amide bonds. The number of para-hydroxylation sites is 1. The summed E-state index contributed by atoms with van der Waals surface area (Å²) in [6, 6.07) is 14.9. The molecule has 0 radical (unpaired) electrons. The van der Waals surface area contributed by atoms with E-state index in [1.807, 2.05) is 30.5 Å². The quantitative estimate of drug-likeness (QED) is 0.225. The average molecular weight is 564 g/mol. The number of carbonyl (C=O) groups excluding carboxylic acids is 2. The highest BCUT2D eigenvalue weighted by Crippen LogP contribution is 2.32. The van der Waals surface area contributed by atoms with Crippen molar-refractivity contribution in [2.75, 3.05) is 17.2 Å². The van der Waals surface area contributed by atoms with Crippen LogP contribution >= 0.6 is 11.3 Å². The van der Waals surface area contributed by atoms with E-state index in [2.05, 4.69) is 47.4 Å². The van der Waals surface area contributed by atoms with Gasteiger partial charge in [-0.3, -0.25) is 30.1 Å². The minimum absolute atomic E-state index is 0.155. The molecule has 7 rings (SSSR count). The highest BCUT2D eigenvalue weighted by atomic mass is 32.1. The Morgan fingerprint density at radius 3 is 2.76 bits per heavy atom. The Labute approximate surface area is 238 Å². The molecule has 2 aromatic carbocycles. The second-order valence-electron chi connectivity index (χ2n) is 9.87. The van der Waals surface area contributed by atoms with Crippen molar-refractivity contribution in [1.29, 1.82) is 0 Å². The van der Waals surface area contributed by atoms with Crippen LogP contribution in [0.2, 0.25) is 0 Å². The first-order valence-corrected chi connectivity index (χ1v) is 14.0. The van der Waals surface area contributed by atoms with Gasteiger partial charge in [0.1, 0.15) is 17.0 Å². The standard InChI is InChI=1S/C29H25N9O2S/c1-16(25-30-10-11-31-25)38-12-9-20-23(15-38)41-29(34-20)37-26(39)19-7-4-8-21-24(19)35-28(33-21)36-27(40)22-13-17-5-2-3-6-18(17)14-32-22/h2-8,10-11,13-14,16H,9,12,15H2,1H3,(H,30,31)(H,34,37,39)(H2,33,35,36,40). The Hall–Kier alpha value is -4.94. The monoisotopic (exact) mass is 563 g/mol. The molecular weight excluding hydrogens is 538 g/mol. The summed E-state index contributed by atoms with van der Waals surface area (Å²) in [5.74, 6) is 0.450. The lowest BCUT2D eigenvalue weighted by atomic mass is 10.1.